The molecule has 4 nitrogen and oxygen atoms in total. The van der Waals surface area contributed by atoms with Crippen LogP contribution in [0.1, 0.15) is 49.4 Å². The van der Waals surface area contributed by atoms with Gasteiger partial charge >= 0.3 is 0 Å². The first-order chi connectivity index (χ1) is 15.0. The van der Waals surface area contributed by atoms with Crippen molar-refractivity contribution in [1.29, 1.82) is 0 Å². The first-order valence-corrected chi connectivity index (χ1v) is 10.7. The van der Waals surface area contributed by atoms with E-state index in [0.29, 0.717) is 0 Å². The number of carbonyl (C=O) groups excluding carboxylic acids is 2. The van der Waals surface area contributed by atoms with E-state index in [0.717, 1.165) is 16.7 Å². The van der Waals surface area contributed by atoms with Gasteiger partial charge in [0.1, 0.15) is 6.04 Å². The summed E-state index contributed by atoms with van der Waals surface area (Å²) in [4.78, 5) is 26.5. The fourth-order valence-corrected chi connectivity index (χ4v) is 3.69. The molecule has 0 radical (unpaired) electrons. The monoisotopic (exact) mass is 414 g/mol. The summed E-state index contributed by atoms with van der Waals surface area (Å²) in [6.45, 7) is 5.83. The van der Waals surface area contributed by atoms with E-state index in [1.807, 2.05) is 112 Å². The van der Waals surface area contributed by atoms with Gasteiger partial charge in [0, 0.05) is 0 Å². The zero-order valence-electron chi connectivity index (χ0n) is 18.3. The van der Waals surface area contributed by atoms with Gasteiger partial charge in [-0.1, -0.05) is 105 Å². The maximum Gasteiger partial charge on any atom is 0.243 e. The number of nitrogens with one attached hydrogen (secondary N) is 2. The summed E-state index contributed by atoms with van der Waals surface area (Å²) in [5.41, 5.74) is 2.81. The third-order valence-electron chi connectivity index (χ3n) is 5.43. The second-order valence-corrected chi connectivity index (χ2v) is 8.13. The molecule has 0 bridgehead atoms. The Balaban J connectivity index is 1.80. The lowest BCUT2D eigenvalue weighted by Gasteiger charge is -2.27. The largest absolute Gasteiger partial charge is 0.348 e. The average molecular weight is 415 g/mol. The van der Waals surface area contributed by atoms with Gasteiger partial charge in [0.25, 0.3) is 0 Å². The minimum absolute atomic E-state index is 0.0564. The van der Waals surface area contributed by atoms with E-state index in [4.69, 9.17) is 0 Å². The van der Waals surface area contributed by atoms with Crippen molar-refractivity contribution in [3.63, 3.8) is 0 Å². The highest BCUT2D eigenvalue weighted by Gasteiger charge is 2.30. The molecule has 0 aliphatic carbocycles. The van der Waals surface area contributed by atoms with Crippen LogP contribution in [0.4, 0.5) is 0 Å². The maximum absolute atomic E-state index is 13.4. The molecule has 0 saturated heterocycles. The lowest BCUT2D eigenvalue weighted by Crippen LogP contribution is -2.51. The van der Waals surface area contributed by atoms with Crippen LogP contribution in [0.15, 0.2) is 91.0 Å². The number of hydrogen-bond donors (Lipinski definition) is 2. The van der Waals surface area contributed by atoms with Crippen LogP contribution in [-0.4, -0.2) is 17.9 Å². The van der Waals surface area contributed by atoms with Gasteiger partial charge in [-0.05, 0) is 29.5 Å². The van der Waals surface area contributed by atoms with Gasteiger partial charge in [0.05, 0.1) is 12.0 Å². The van der Waals surface area contributed by atoms with Crippen LogP contribution in [0, 0.1) is 5.92 Å². The van der Waals surface area contributed by atoms with Crippen LogP contribution in [0.5, 0.6) is 0 Å². The minimum Gasteiger partial charge on any atom is -0.348 e. The predicted molar refractivity (Wildman–Crippen MR) is 124 cm³/mol. The molecule has 0 saturated carbocycles. The van der Waals surface area contributed by atoms with Gasteiger partial charge in [-0.15, -0.1) is 0 Å². The molecule has 3 aromatic rings. The van der Waals surface area contributed by atoms with Crippen LogP contribution in [0.2, 0.25) is 0 Å². The molecule has 0 unspecified atom stereocenters. The van der Waals surface area contributed by atoms with Gasteiger partial charge in [0.2, 0.25) is 11.8 Å². The highest BCUT2D eigenvalue weighted by molar-refractivity contribution is 5.92. The second kappa shape index (κ2) is 10.6. The molecule has 0 spiro atoms. The van der Waals surface area contributed by atoms with E-state index >= 15 is 0 Å². The van der Waals surface area contributed by atoms with E-state index in [1.54, 1.807) is 0 Å². The normalized spacial score (nSPS) is 12.9. The van der Waals surface area contributed by atoms with Gasteiger partial charge in [-0.3, -0.25) is 9.59 Å². The summed E-state index contributed by atoms with van der Waals surface area (Å²) in [5, 5.41) is 6.07. The molecule has 0 fully saturated rings. The second-order valence-electron chi connectivity index (χ2n) is 8.13. The molecule has 4 heteroatoms. The molecule has 2 atom stereocenters. The van der Waals surface area contributed by atoms with Gasteiger partial charge < -0.3 is 10.6 Å². The van der Waals surface area contributed by atoms with Crippen LogP contribution < -0.4 is 10.6 Å². The summed E-state index contributed by atoms with van der Waals surface area (Å²) >= 11 is 0. The summed E-state index contributed by atoms with van der Waals surface area (Å²) in [5.74, 6) is -0.902. The molecule has 2 N–H and O–H groups in total. The van der Waals surface area contributed by atoms with Gasteiger partial charge in [-0.25, -0.2) is 0 Å². The first kappa shape index (κ1) is 22.3. The maximum atomic E-state index is 13.4. The van der Waals surface area contributed by atoms with E-state index in [1.165, 1.54) is 0 Å². The van der Waals surface area contributed by atoms with Crippen molar-refractivity contribution in [3.05, 3.63) is 108 Å². The van der Waals surface area contributed by atoms with E-state index in [9.17, 15) is 9.59 Å². The van der Waals surface area contributed by atoms with E-state index in [-0.39, 0.29) is 23.8 Å². The Morgan fingerprint density at radius 2 is 1.00 bits per heavy atom. The Kier molecular flexibility index (Phi) is 7.60. The highest BCUT2D eigenvalue weighted by atomic mass is 16.2. The number of benzene rings is 3. The minimum atomic E-state index is -0.631. The van der Waals surface area contributed by atoms with Crippen molar-refractivity contribution in [2.75, 3.05) is 0 Å². The van der Waals surface area contributed by atoms with Crippen molar-refractivity contribution >= 4 is 11.8 Å². The van der Waals surface area contributed by atoms with Crippen molar-refractivity contribution < 1.29 is 9.59 Å². The zero-order valence-corrected chi connectivity index (χ0v) is 18.3. The molecule has 31 heavy (non-hydrogen) atoms. The van der Waals surface area contributed by atoms with E-state index < -0.39 is 12.0 Å². The van der Waals surface area contributed by atoms with Crippen molar-refractivity contribution in [1.82, 2.24) is 10.6 Å². The van der Waals surface area contributed by atoms with Gasteiger partial charge in [0.15, 0.2) is 0 Å². The quantitative estimate of drug-likeness (QED) is 0.554. The fourth-order valence-electron chi connectivity index (χ4n) is 3.69. The van der Waals surface area contributed by atoms with Crippen molar-refractivity contribution in [2.45, 2.75) is 38.8 Å². The van der Waals surface area contributed by atoms with Crippen LogP contribution in [0.3, 0.4) is 0 Å². The number of rotatable bonds is 8. The Labute approximate surface area is 184 Å². The van der Waals surface area contributed by atoms with Crippen LogP contribution >= 0.6 is 0 Å². The Hall–Kier alpha value is -3.40. The lowest BCUT2D eigenvalue weighted by atomic mass is 9.89. The number of hydrogen-bond acceptors (Lipinski definition) is 2. The topological polar surface area (TPSA) is 58.2 Å². The predicted octanol–water partition coefficient (Wildman–Crippen LogP) is 4.84. The summed E-state index contributed by atoms with van der Waals surface area (Å²) < 4.78 is 0. The smallest absolute Gasteiger partial charge is 0.243 e. The van der Waals surface area contributed by atoms with Crippen molar-refractivity contribution in [3.8, 4) is 0 Å². The molecular weight excluding hydrogens is 384 g/mol. The summed E-state index contributed by atoms with van der Waals surface area (Å²) in [7, 11) is 0. The lowest BCUT2D eigenvalue weighted by molar-refractivity contribution is -0.130. The number of carbonyl (C=O) groups is 2. The number of amides is 2. The molecule has 0 aliphatic rings. The SMILES string of the molecule is CC(C)[C@H](NC(=O)C(c1ccccc1)c1ccccc1)C(=O)N[C@H](C)c1ccccc1. The molecule has 0 aromatic heterocycles. The molecule has 2 amide bonds. The molecule has 3 rings (SSSR count). The standard InChI is InChI=1S/C27H30N2O2/c1-19(2)25(27(31)28-20(3)21-13-7-4-8-14-21)29-26(30)24(22-15-9-5-10-16-22)23-17-11-6-12-18-23/h4-20,24-25H,1-3H3,(H,28,31)(H,29,30)/t20-,25+/m1/s1. The summed E-state index contributed by atoms with van der Waals surface area (Å²) in [6.07, 6.45) is 0. The zero-order chi connectivity index (χ0) is 22.2. The van der Waals surface area contributed by atoms with Crippen LogP contribution in [-0.2, 0) is 9.59 Å². The summed E-state index contributed by atoms with van der Waals surface area (Å²) in [6, 6.07) is 28.4. The Bertz CT molecular complexity index is 932. The molecule has 0 aliphatic heterocycles. The highest BCUT2D eigenvalue weighted by Crippen LogP contribution is 2.25. The van der Waals surface area contributed by atoms with Crippen LogP contribution in [0.25, 0.3) is 0 Å². The third-order valence-corrected chi connectivity index (χ3v) is 5.43. The molecule has 3 aromatic carbocycles. The molecule has 160 valence electrons. The van der Waals surface area contributed by atoms with Gasteiger partial charge in [-0.2, -0.15) is 0 Å². The average Bonchev–Trinajstić information content (AvgIpc) is 2.79. The Morgan fingerprint density at radius 3 is 1.42 bits per heavy atom. The van der Waals surface area contributed by atoms with E-state index in [2.05, 4.69) is 10.6 Å². The fraction of sp³-hybridized carbons (Fsp3) is 0.259. The molecule has 0 heterocycles. The third kappa shape index (κ3) is 5.82. The Morgan fingerprint density at radius 1 is 0.581 bits per heavy atom. The molecular formula is C27H30N2O2. The van der Waals surface area contributed by atoms with Crippen molar-refractivity contribution in [2.24, 2.45) is 5.92 Å². The first-order valence-electron chi connectivity index (χ1n) is 10.7.